The average Bonchev–Trinajstić information content (AvgIpc) is 3.39. The zero-order valence-electron chi connectivity index (χ0n) is 16.7. The topological polar surface area (TPSA) is 92.3 Å². The normalized spacial score (nSPS) is 11.0. The van der Waals surface area contributed by atoms with Gasteiger partial charge in [-0.2, -0.15) is 0 Å². The van der Waals surface area contributed by atoms with Crippen molar-refractivity contribution in [3.63, 3.8) is 0 Å². The lowest BCUT2D eigenvalue weighted by Gasteiger charge is -2.07. The van der Waals surface area contributed by atoms with E-state index in [-0.39, 0.29) is 19.0 Å². The van der Waals surface area contributed by atoms with Gasteiger partial charge in [0, 0.05) is 11.9 Å². The molecular weight excluding hydrogens is 384 g/mol. The Labute approximate surface area is 173 Å². The summed E-state index contributed by atoms with van der Waals surface area (Å²) in [5, 5.41) is 12.4. The fourth-order valence-electron chi connectivity index (χ4n) is 3.08. The zero-order valence-corrected chi connectivity index (χ0v) is 16.7. The number of nitrogens with zero attached hydrogens (tertiary/aromatic N) is 4. The first-order valence-corrected chi connectivity index (χ1v) is 9.86. The molecule has 0 saturated carbocycles. The van der Waals surface area contributed by atoms with Crippen LogP contribution in [0, 0.1) is 0 Å². The number of rotatable bonds is 9. The van der Waals surface area contributed by atoms with Crippen LogP contribution in [-0.2, 0) is 24.5 Å². The van der Waals surface area contributed by atoms with Crippen LogP contribution in [-0.4, -0.2) is 26.2 Å². The molecule has 2 aromatic carbocycles. The molecule has 0 aliphatic heterocycles. The van der Waals surface area contributed by atoms with E-state index in [4.69, 9.17) is 13.9 Å². The Hall–Kier alpha value is -3.68. The number of carbonyl (C=O) groups is 1. The molecule has 8 heteroatoms. The third-order valence-electron chi connectivity index (χ3n) is 4.67. The number of tetrazole rings is 1. The van der Waals surface area contributed by atoms with Crippen molar-refractivity contribution in [2.45, 2.75) is 39.5 Å². The Morgan fingerprint density at radius 2 is 1.87 bits per heavy atom. The molecule has 0 aliphatic carbocycles. The standard InChI is InChI=1S/C22H22N4O4/c1-2-3-13-26-20(23-24-25-26)15-29-22(27)21-18(14-28-16-9-5-4-6-10-16)17-11-7-8-12-19(17)30-21/h4-12H,2-3,13-15H2,1H3. The smallest absolute Gasteiger partial charge is 0.375 e. The van der Waals surface area contributed by atoms with E-state index < -0.39 is 5.97 Å². The summed E-state index contributed by atoms with van der Waals surface area (Å²) in [7, 11) is 0. The minimum absolute atomic E-state index is 0.0361. The van der Waals surface area contributed by atoms with Gasteiger partial charge in [-0.1, -0.05) is 49.7 Å². The quantitative estimate of drug-likeness (QED) is 0.385. The molecule has 0 N–H and O–H groups in total. The van der Waals surface area contributed by atoms with Crippen LogP contribution in [0.2, 0.25) is 0 Å². The van der Waals surface area contributed by atoms with Crippen molar-refractivity contribution in [2.24, 2.45) is 0 Å². The van der Waals surface area contributed by atoms with Gasteiger partial charge in [-0.3, -0.25) is 0 Å². The minimum Gasteiger partial charge on any atom is -0.489 e. The molecule has 154 valence electrons. The van der Waals surface area contributed by atoms with Crippen LogP contribution in [0.25, 0.3) is 11.0 Å². The van der Waals surface area contributed by atoms with Gasteiger partial charge < -0.3 is 13.9 Å². The lowest BCUT2D eigenvalue weighted by molar-refractivity contribution is 0.0418. The molecule has 0 fully saturated rings. The van der Waals surface area contributed by atoms with E-state index in [2.05, 4.69) is 22.4 Å². The molecule has 0 aliphatic rings. The van der Waals surface area contributed by atoms with Crippen LogP contribution in [0.1, 0.15) is 41.7 Å². The first kappa shape index (κ1) is 19.6. The second-order valence-corrected chi connectivity index (χ2v) is 6.76. The number of hydrogen-bond acceptors (Lipinski definition) is 7. The number of aromatic nitrogens is 4. The number of fused-ring (bicyclic) bond motifs is 1. The van der Waals surface area contributed by atoms with Gasteiger partial charge in [0.15, 0.2) is 12.4 Å². The number of benzene rings is 2. The molecule has 4 rings (SSSR count). The largest absolute Gasteiger partial charge is 0.489 e. The van der Waals surface area contributed by atoms with Crippen molar-refractivity contribution in [2.75, 3.05) is 0 Å². The first-order valence-electron chi connectivity index (χ1n) is 9.86. The van der Waals surface area contributed by atoms with Crippen molar-refractivity contribution in [1.82, 2.24) is 20.2 Å². The highest BCUT2D eigenvalue weighted by molar-refractivity contribution is 5.96. The number of aryl methyl sites for hydroxylation is 1. The molecule has 4 aromatic rings. The Balaban J connectivity index is 1.52. The van der Waals surface area contributed by atoms with Crippen molar-refractivity contribution in [3.05, 3.63) is 71.7 Å². The average molecular weight is 406 g/mol. The van der Waals surface area contributed by atoms with E-state index in [0.29, 0.717) is 29.3 Å². The molecule has 2 aromatic heterocycles. The summed E-state index contributed by atoms with van der Waals surface area (Å²) in [5.41, 5.74) is 1.24. The maximum Gasteiger partial charge on any atom is 0.375 e. The van der Waals surface area contributed by atoms with E-state index in [1.165, 1.54) is 0 Å². The van der Waals surface area contributed by atoms with Crippen molar-refractivity contribution in [1.29, 1.82) is 0 Å². The fourth-order valence-corrected chi connectivity index (χ4v) is 3.08. The molecule has 0 amide bonds. The Kier molecular flexibility index (Phi) is 6.03. The lowest BCUT2D eigenvalue weighted by Crippen LogP contribution is -2.12. The molecular formula is C22H22N4O4. The highest BCUT2D eigenvalue weighted by Crippen LogP contribution is 2.28. The number of unbranched alkanes of at least 4 members (excludes halogenated alkanes) is 1. The van der Waals surface area contributed by atoms with E-state index in [9.17, 15) is 4.79 Å². The number of para-hydroxylation sites is 2. The Bertz CT molecular complexity index is 1120. The number of carbonyl (C=O) groups excluding carboxylic acids is 1. The number of hydrogen-bond donors (Lipinski definition) is 0. The Morgan fingerprint density at radius 3 is 2.70 bits per heavy atom. The SMILES string of the molecule is CCCCn1nnnc1COC(=O)c1oc2ccccc2c1COc1ccccc1. The van der Waals surface area contributed by atoms with Gasteiger partial charge in [0.25, 0.3) is 0 Å². The monoisotopic (exact) mass is 406 g/mol. The summed E-state index contributed by atoms with van der Waals surface area (Å²) in [6.45, 7) is 2.91. The van der Waals surface area contributed by atoms with E-state index in [1.807, 2.05) is 54.6 Å². The van der Waals surface area contributed by atoms with Crippen LogP contribution in [0.3, 0.4) is 0 Å². The molecule has 0 spiro atoms. The molecule has 0 saturated heterocycles. The highest BCUT2D eigenvalue weighted by Gasteiger charge is 2.23. The van der Waals surface area contributed by atoms with Crippen molar-refractivity contribution in [3.8, 4) is 5.75 Å². The third-order valence-corrected chi connectivity index (χ3v) is 4.67. The van der Waals surface area contributed by atoms with Gasteiger partial charge in [0.1, 0.15) is 17.9 Å². The minimum atomic E-state index is -0.581. The van der Waals surface area contributed by atoms with E-state index in [0.717, 1.165) is 18.2 Å². The van der Waals surface area contributed by atoms with Crippen LogP contribution < -0.4 is 4.74 Å². The molecule has 0 atom stereocenters. The van der Waals surface area contributed by atoms with Gasteiger partial charge in [0.2, 0.25) is 5.76 Å². The zero-order chi connectivity index (χ0) is 20.8. The molecule has 0 radical (unpaired) electrons. The number of ether oxygens (including phenoxy) is 2. The lowest BCUT2D eigenvalue weighted by atomic mass is 10.1. The van der Waals surface area contributed by atoms with Gasteiger partial charge >= 0.3 is 5.97 Å². The van der Waals surface area contributed by atoms with Gasteiger partial charge in [-0.15, -0.1) is 5.10 Å². The van der Waals surface area contributed by atoms with Gasteiger partial charge in [0.05, 0.1) is 5.56 Å². The summed E-state index contributed by atoms with van der Waals surface area (Å²) < 4.78 is 18.8. The maximum absolute atomic E-state index is 12.8. The molecule has 2 heterocycles. The Morgan fingerprint density at radius 1 is 1.07 bits per heavy atom. The predicted molar refractivity (Wildman–Crippen MR) is 109 cm³/mol. The molecule has 0 bridgehead atoms. The summed E-state index contributed by atoms with van der Waals surface area (Å²) in [6.07, 6.45) is 1.96. The number of esters is 1. The fraction of sp³-hybridized carbons (Fsp3) is 0.273. The predicted octanol–water partition coefficient (Wildman–Crippen LogP) is 4.16. The van der Waals surface area contributed by atoms with Crippen LogP contribution in [0.15, 0.2) is 59.0 Å². The highest BCUT2D eigenvalue weighted by atomic mass is 16.5. The molecule has 30 heavy (non-hydrogen) atoms. The molecule has 0 unspecified atom stereocenters. The van der Waals surface area contributed by atoms with Gasteiger partial charge in [-0.05, 0) is 35.0 Å². The second kappa shape index (κ2) is 9.21. The third kappa shape index (κ3) is 4.32. The van der Waals surface area contributed by atoms with Crippen molar-refractivity contribution < 1.29 is 18.7 Å². The van der Waals surface area contributed by atoms with Crippen LogP contribution in [0.4, 0.5) is 0 Å². The summed E-state index contributed by atoms with van der Waals surface area (Å²) in [6, 6.07) is 16.9. The summed E-state index contributed by atoms with van der Waals surface area (Å²) in [5.74, 6) is 0.745. The summed E-state index contributed by atoms with van der Waals surface area (Å²) in [4.78, 5) is 12.8. The number of furan rings is 1. The van der Waals surface area contributed by atoms with E-state index >= 15 is 0 Å². The van der Waals surface area contributed by atoms with Crippen molar-refractivity contribution >= 4 is 16.9 Å². The van der Waals surface area contributed by atoms with Gasteiger partial charge in [-0.25, -0.2) is 9.48 Å². The molecule has 8 nitrogen and oxygen atoms in total. The summed E-state index contributed by atoms with van der Waals surface area (Å²) >= 11 is 0. The van der Waals surface area contributed by atoms with Crippen LogP contribution >= 0.6 is 0 Å². The van der Waals surface area contributed by atoms with Crippen LogP contribution in [0.5, 0.6) is 5.75 Å². The second-order valence-electron chi connectivity index (χ2n) is 6.76. The first-order chi connectivity index (χ1) is 14.8. The maximum atomic E-state index is 12.8. The van der Waals surface area contributed by atoms with E-state index in [1.54, 1.807) is 4.68 Å².